The van der Waals surface area contributed by atoms with Crippen LogP contribution >= 0.6 is 0 Å². The molecule has 0 bridgehead atoms. The first-order chi connectivity index (χ1) is 19.5. The molecular formula is C29H45NO11. The van der Waals surface area contributed by atoms with Gasteiger partial charge in [-0.25, -0.2) is 14.4 Å². The van der Waals surface area contributed by atoms with Crippen molar-refractivity contribution >= 4 is 24.4 Å². The molecule has 0 radical (unpaired) electrons. The summed E-state index contributed by atoms with van der Waals surface area (Å²) in [4.78, 5) is 48.7. The Morgan fingerprint density at radius 2 is 1.27 bits per heavy atom. The van der Waals surface area contributed by atoms with Gasteiger partial charge in [0, 0.05) is 0 Å². The highest BCUT2D eigenvalue weighted by atomic mass is 16.7. The maximum atomic E-state index is 12.6. The Labute approximate surface area is 242 Å². The van der Waals surface area contributed by atoms with Crippen LogP contribution in [-0.4, -0.2) is 62.5 Å². The summed E-state index contributed by atoms with van der Waals surface area (Å²) >= 11 is 0. The minimum atomic E-state index is -1.10. The van der Waals surface area contributed by atoms with Gasteiger partial charge in [0.2, 0.25) is 0 Å². The predicted molar refractivity (Wildman–Crippen MR) is 149 cm³/mol. The molecule has 0 aliphatic heterocycles. The normalized spacial score (nSPS) is 13.0. The molecule has 1 aromatic rings. The third-order valence-corrected chi connectivity index (χ3v) is 5.75. The first-order valence-electron chi connectivity index (χ1n) is 14.1. The van der Waals surface area contributed by atoms with Crippen molar-refractivity contribution in [3.05, 3.63) is 23.8 Å². The molecule has 232 valence electrons. The zero-order valence-electron chi connectivity index (χ0n) is 25.0. The van der Waals surface area contributed by atoms with E-state index in [1.807, 2.05) is 27.7 Å². The van der Waals surface area contributed by atoms with Crippen LogP contribution in [-0.2, 0) is 34.9 Å². The Morgan fingerprint density at radius 3 is 1.83 bits per heavy atom. The second kappa shape index (κ2) is 19.5. The molecule has 0 saturated heterocycles. The summed E-state index contributed by atoms with van der Waals surface area (Å²) in [6.07, 6.45) is -0.670. The van der Waals surface area contributed by atoms with E-state index in [-0.39, 0.29) is 37.7 Å². The van der Waals surface area contributed by atoms with Crippen LogP contribution in [0.25, 0.3) is 0 Å². The van der Waals surface area contributed by atoms with Crippen molar-refractivity contribution in [2.45, 2.75) is 98.3 Å². The van der Waals surface area contributed by atoms with Gasteiger partial charge in [-0.05, 0) is 63.1 Å². The van der Waals surface area contributed by atoms with Crippen LogP contribution in [0.5, 0.6) is 11.5 Å². The summed E-state index contributed by atoms with van der Waals surface area (Å²) in [5, 5.41) is 0. The molecule has 0 aromatic heterocycles. The van der Waals surface area contributed by atoms with Gasteiger partial charge in [0.1, 0.15) is 18.2 Å². The van der Waals surface area contributed by atoms with Gasteiger partial charge in [-0.1, -0.05) is 46.6 Å². The van der Waals surface area contributed by atoms with Crippen molar-refractivity contribution in [2.75, 3.05) is 19.8 Å². The fraction of sp³-hybridized carbons (Fsp3) is 0.655. The quantitative estimate of drug-likeness (QED) is 0.103. The van der Waals surface area contributed by atoms with Crippen molar-refractivity contribution < 1.29 is 52.3 Å². The maximum Gasteiger partial charge on any atom is 0.513 e. The molecule has 3 atom stereocenters. The van der Waals surface area contributed by atoms with Crippen molar-refractivity contribution in [1.82, 2.24) is 0 Å². The third kappa shape index (κ3) is 15.1. The number of rotatable bonds is 17. The van der Waals surface area contributed by atoms with Gasteiger partial charge in [0.15, 0.2) is 11.5 Å². The summed E-state index contributed by atoms with van der Waals surface area (Å²) in [5.74, 6) is -0.538. The molecule has 12 nitrogen and oxygen atoms in total. The first-order valence-corrected chi connectivity index (χ1v) is 14.1. The Kier molecular flexibility index (Phi) is 16.9. The van der Waals surface area contributed by atoms with Crippen molar-refractivity contribution in [3.8, 4) is 11.5 Å². The van der Waals surface area contributed by atoms with E-state index in [1.54, 1.807) is 19.9 Å². The molecule has 0 heterocycles. The third-order valence-electron chi connectivity index (χ3n) is 5.75. The average Bonchev–Trinajstić information content (AvgIpc) is 2.90. The molecule has 12 heteroatoms. The topological polar surface area (TPSA) is 159 Å². The first kappa shape index (κ1) is 35.5. The largest absolute Gasteiger partial charge is 0.513 e. The minimum absolute atomic E-state index is 0.000500. The highest BCUT2D eigenvalue weighted by molar-refractivity contribution is 5.76. The number of carbonyl (C=O) groups is 4. The molecule has 0 amide bonds. The number of carbonyl (C=O) groups excluding carboxylic acids is 4. The summed E-state index contributed by atoms with van der Waals surface area (Å²) in [5.41, 5.74) is 6.56. The van der Waals surface area contributed by atoms with Crippen molar-refractivity contribution in [3.63, 3.8) is 0 Å². The van der Waals surface area contributed by atoms with Gasteiger partial charge in [-0.2, -0.15) is 0 Å². The van der Waals surface area contributed by atoms with E-state index in [0.717, 1.165) is 12.8 Å². The smallest absolute Gasteiger partial charge is 0.458 e. The summed E-state index contributed by atoms with van der Waals surface area (Å²) in [7, 11) is 0. The molecular weight excluding hydrogens is 538 g/mol. The second-order valence-corrected chi connectivity index (χ2v) is 9.95. The van der Waals surface area contributed by atoms with E-state index in [0.29, 0.717) is 30.7 Å². The van der Waals surface area contributed by atoms with Gasteiger partial charge < -0.3 is 38.9 Å². The fourth-order valence-corrected chi connectivity index (χ4v) is 3.04. The van der Waals surface area contributed by atoms with Crippen LogP contribution in [0.15, 0.2) is 18.2 Å². The molecule has 0 spiro atoms. The molecule has 0 unspecified atom stereocenters. The number of ether oxygens (including phenoxy) is 7. The second-order valence-electron chi connectivity index (χ2n) is 9.95. The van der Waals surface area contributed by atoms with Crippen LogP contribution in [0.3, 0.4) is 0 Å². The Bertz CT molecular complexity index is 966. The lowest BCUT2D eigenvalue weighted by atomic mass is 10.1. The lowest BCUT2D eigenvalue weighted by molar-refractivity contribution is -0.155. The van der Waals surface area contributed by atoms with E-state index >= 15 is 0 Å². The van der Waals surface area contributed by atoms with Crippen LogP contribution < -0.4 is 15.2 Å². The zero-order chi connectivity index (χ0) is 30.8. The summed E-state index contributed by atoms with van der Waals surface area (Å²) < 4.78 is 36.1. The lowest BCUT2D eigenvalue weighted by Crippen LogP contribution is -2.39. The van der Waals surface area contributed by atoms with Crippen molar-refractivity contribution in [1.29, 1.82) is 0 Å². The highest BCUT2D eigenvalue weighted by Crippen LogP contribution is 2.30. The Balaban J connectivity index is 2.82. The molecule has 0 aliphatic carbocycles. The van der Waals surface area contributed by atoms with Gasteiger partial charge >= 0.3 is 24.4 Å². The van der Waals surface area contributed by atoms with Gasteiger partial charge in [0.05, 0.1) is 19.8 Å². The van der Waals surface area contributed by atoms with Crippen LogP contribution in [0.2, 0.25) is 0 Å². The SMILES string of the molecule is CCCCOC(=O)Oc1ccc(C[C@H](N)C(=O)O[C@@H](C)[C@H](C)OC(=O)OCCC(C)C)cc1OC(=O)OCCCC. The molecule has 1 aromatic carbocycles. The van der Waals surface area contributed by atoms with E-state index in [9.17, 15) is 19.2 Å². The number of hydrogen-bond acceptors (Lipinski definition) is 12. The molecule has 0 saturated carbocycles. The van der Waals surface area contributed by atoms with Crippen LogP contribution in [0, 0.1) is 5.92 Å². The number of esters is 1. The van der Waals surface area contributed by atoms with Gasteiger partial charge in [-0.3, -0.25) is 4.79 Å². The highest BCUT2D eigenvalue weighted by Gasteiger charge is 2.25. The standard InChI is InChI=1S/C29H45NO11/c1-7-9-14-35-28(33)40-24-12-11-22(18-25(24)41-29(34)36-15-10-8-2)17-23(30)26(31)38-20(5)21(6)39-27(32)37-16-13-19(3)4/h11-12,18-21,23H,7-10,13-17,30H2,1-6H3/t20-,21-,23-/m0/s1. The van der Waals surface area contributed by atoms with Gasteiger partial charge in [0.25, 0.3) is 0 Å². The molecule has 41 heavy (non-hydrogen) atoms. The maximum absolute atomic E-state index is 12.6. The Hall–Kier alpha value is -3.54. The zero-order valence-corrected chi connectivity index (χ0v) is 25.0. The van der Waals surface area contributed by atoms with E-state index in [1.165, 1.54) is 12.1 Å². The van der Waals surface area contributed by atoms with E-state index in [4.69, 9.17) is 38.9 Å². The molecule has 0 aliphatic rings. The van der Waals surface area contributed by atoms with Crippen LogP contribution in [0.4, 0.5) is 14.4 Å². The number of hydrogen-bond donors (Lipinski definition) is 1. The van der Waals surface area contributed by atoms with Crippen molar-refractivity contribution in [2.24, 2.45) is 11.7 Å². The lowest BCUT2D eigenvalue weighted by Gasteiger charge is -2.22. The summed E-state index contributed by atoms with van der Waals surface area (Å²) in [6, 6.07) is 3.26. The molecule has 2 N–H and O–H groups in total. The number of unbranched alkanes of at least 4 members (excludes halogenated alkanes) is 2. The average molecular weight is 584 g/mol. The van der Waals surface area contributed by atoms with Gasteiger partial charge in [-0.15, -0.1) is 0 Å². The summed E-state index contributed by atoms with van der Waals surface area (Å²) in [6.45, 7) is 11.6. The minimum Gasteiger partial charge on any atom is -0.458 e. The fourth-order valence-electron chi connectivity index (χ4n) is 3.04. The predicted octanol–water partition coefficient (Wildman–Crippen LogP) is 5.71. The Morgan fingerprint density at radius 1 is 0.732 bits per heavy atom. The molecule has 0 fully saturated rings. The van der Waals surface area contributed by atoms with Crippen LogP contribution in [0.1, 0.15) is 79.2 Å². The monoisotopic (exact) mass is 583 g/mol. The van der Waals surface area contributed by atoms with E-state index < -0.39 is 42.7 Å². The number of benzene rings is 1. The molecule has 1 rings (SSSR count). The van der Waals surface area contributed by atoms with E-state index in [2.05, 4.69) is 0 Å². The number of nitrogens with two attached hydrogens (primary N) is 1.